The molecule has 0 aliphatic heterocycles. The number of aromatic nitrogens is 2. The van der Waals surface area contributed by atoms with E-state index >= 15 is 0 Å². The molecular weight excluding hydrogens is 194 g/mol. The van der Waals surface area contributed by atoms with Crippen LogP contribution in [0.4, 0.5) is 5.82 Å². The molecule has 3 N–H and O–H groups in total. The average molecular weight is 205 g/mol. The van der Waals surface area contributed by atoms with E-state index in [1.165, 1.54) is 12.4 Å². The van der Waals surface area contributed by atoms with Gasteiger partial charge in [0.05, 0.1) is 18.1 Å². The molecule has 1 aromatic rings. The van der Waals surface area contributed by atoms with Crippen LogP contribution in [0.2, 0.25) is 0 Å². The lowest BCUT2D eigenvalue weighted by atomic mass is 10.3. The summed E-state index contributed by atoms with van der Waals surface area (Å²) in [4.78, 5) is 8.03. The van der Waals surface area contributed by atoms with E-state index in [9.17, 15) is 5.11 Å². The number of hydrogen-bond donors (Lipinski definition) is 3. The Morgan fingerprint density at radius 2 is 2.47 bits per heavy atom. The van der Waals surface area contributed by atoms with Gasteiger partial charge in [-0.25, -0.2) is 9.97 Å². The van der Waals surface area contributed by atoms with Crippen LogP contribution >= 0.6 is 0 Å². The van der Waals surface area contributed by atoms with Crippen LogP contribution in [0.15, 0.2) is 17.9 Å². The first-order valence-corrected chi connectivity index (χ1v) is 4.15. The van der Waals surface area contributed by atoms with Gasteiger partial charge in [0.1, 0.15) is 11.5 Å². The van der Waals surface area contributed by atoms with Gasteiger partial charge in [-0.3, -0.25) is 5.43 Å². The summed E-state index contributed by atoms with van der Waals surface area (Å²) in [5.41, 5.74) is 3.46. The van der Waals surface area contributed by atoms with Crippen molar-refractivity contribution in [2.24, 2.45) is 5.10 Å². The molecule has 0 bridgehead atoms. The molecule has 0 atom stereocenters. The molecule has 0 saturated heterocycles. The van der Waals surface area contributed by atoms with Gasteiger partial charge < -0.3 is 10.5 Å². The number of hydrazone groups is 1. The Hall–Kier alpha value is -2.24. The number of aryl methyl sites for hydroxylation is 1. The number of anilines is 1. The van der Waals surface area contributed by atoms with Crippen LogP contribution in [0.5, 0.6) is 0 Å². The second kappa shape index (κ2) is 4.85. The third-order valence-corrected chi connectivity index (χ3v) is 1.49. The molecule has 0 saturated carbocycles. The molecule has 78 valence electrons. The molecule has 0 aromatic carbocycles. The van der Waals surface area contributed by atoms with Gasteiger partial charge in [0.2, 0.25) is 0 Å². The molecule has 15 heavy (non-hydrogen) atoms. The summed E-state index contributed by atoms with van der Waals surface area (Å²) in [5.74, 6) is 0.116. The van der Waals surface area contributed by atoms with Gasteiger partial charge in [0.15, 0.2) is 5.82 Å². The number of aliphatic hydroxyl groups excluding tert-OH is 1. The summed E-state index contributed by atoms with van der Waals surface area (Å²) in [5, 5.41) is 19.6. The third kappa shape index (κ3) is 2.87. The first-order chi connectivity index (χ1) is 7.15. The van der Waals surface area contributed by atoms with Crippen LogP contribution in [-0.4, -0.2) is 27.5 Å². The largest absolute Gasteiger partial charge is 0.506 e. The van der Waals surface area contributed by atoms with Crippen LogP contribution in [0.1, 0.15) is 11.4 Å². The van der Waals surface area contributed by atoms with Crippen molar-refractivity contribution in [1.29, 1.82) is 5.41 Å². The lowest BCUT2D eigenvalue weighted by molar-refractivity contribution is 0.510. The number of aliphatic hydroxyl groups is 1. The Morgan fingerprint density at radius 1 is 1.73 bits per heavy atom. The second-order valence-corrected chi connectivity index (χ2v) is 2.71. The van der Waals surface area contributed by atoms with Crippen molar-refractivity contribution in [2.75, 3.05) is 5.43 Å². The van der Waals surface area contributed by atoms with E-state index < -0.39 is 0 Å². The fraction of sp³-hybridized carbons (Fsp3) is 0.111. The van der Waals surface area contributed by atoms with Crippen LogP contribution in [-0.2, 0) is 0 Å². The molecular formula is C9H11N5O. The van der Waals surface area contributed by atoms with Crippen LogP contribution < -0.4 is 5.43 Å². The van der Waals surface area contributed by atoms with E-state index in [-0.39, 0.29) is 11.5 Å². The first-order valence-electron chi connectivity index (χ1n) is 4.15. The Morgan fingerprint density at radius 3 is 3.07 bits per heavy atom. The quantitative estimate of drug-likeness (QED) is 0.393. The summed E-state index contributed by atoms with van der Waals surface area (Å²) < 4.78 is 0. The van der Waals surface area contributed by atoms with Gasteiger partial charge in [-0.2, -0.15) is 5.10 Å². The number of nitrogens with zero attached hydrogens (tertiary/aromatic N) is 3. The molecule has 0 aliphatic carbocycles. The predicted molar refractivity (Wildman–Crippen MR) is 59.3 cm³/mol. The summed E-state index contributed by atoms with van der Waals surface area (Å²) in [7, 11) is 0. The van der Waals surface area contributed by atoms with Crippen molar-refractivity contribution in [1.82, 2.24) is 9.97 Å². The zero-order chi connectivity index (χ0) is 11.3. The molecule has 0 spiro atoms. The standard InChI is InChI=1S/C9H11N5O/c1-6-5-11-9(14-12-4-3-10)8(13-6)7(2)15/h3-5,10,15H,2H2,1H3,(H,11,14)/b10-3?,12-4-. The predicted octanol–water partition coefficient (Wildman–Crippen LogP) is 1.36. The smallest absolute Gasteiger partial charge is 0.176 e. The van der Waals surface area contributed by atoms with E-state index in [2.05, 4.69) is 27.1 Å². The maximum absolute atomic E-state index is 9.25. The minimum absolute atomic E-state index is 0.182. The van der Waals surface area contributed by atoms with Gasteiger partial charge >= 0.3 is 0 Å². The monoisotopic (exact) mass is 205 g/mol. The first kappa shape index (κ1) is 10.8. The maximum Gasteiger partial charge on any atom is 0.176 e. The van der Waals surface area contributed by atoms with Gasteiger partial charge in [-0.1, -0.05) is 6.58 Å². The van der Waals surface area contributed by atoms with Crippen molar-refractivity contribution < 1.29 is 5.11 Å². The highest BCUT2D eigenvalue weighted by Crippen LogP contribution is 2.15. The summed E-state index contributed by atoms with van der Waals surface area (Å²) >= 11 is 0. The number of hydrogen-bond acceptors (Lipinski definition) is 6. The van der Waals surface area contributed by atoms with E-state index in [1.54, 1.807) is 6.92 Å². The van der Waals surface area contributed by atoms with Crippen molar-refractivity contribution >= 4 is 24.0 Å². The Labute approximate surface area is 86.9 Å². The lowest BCUT2D eigenvalue weighted by Crippen LogP contribution is -2.02. The zero-order valence-corrected chi connectivity index (χ0v) is 8.23. The molecule has 1 heterocycles. The molecule has 6 nitrogen and oxygen atoms in total. The number of rotatable bonds is 4. The minimum atomic E-state index is -0.182. The summed E-state index contributed by atoms with van der Waals surface area (Å²) in [6, 6.07) is 0. The molecule has 0 aliphatic rings. The van der Waals surface area contributed by atoms with E-state index in [0.29, 0.717) is 11.5 Å². The minimum Gasteiger partial charge on any atom is -0.506 e. The van der Waals surface area contributed by atoms with Crippen molar-refractivity contribution in [3.8, 4) is 0 Å². The fourth-order valence-electron chi connectivity index (χ4n) is 0.896. The van der Waals surface area contributed by atoms with Crippen LogP contribution in [0, 0.1) is 12.3 Å². The third-order valence-electron chi connectivity index (χ3n) is 1.49. The second-order valence-electron chi connectivity index (χ2n) is 2.71. The Bertz CT molecular complexity index is 413. The molecule has 0 fully saturated rings. The number of nitrogens with one attached hydrogen (secondary N) is 2. The Kier molecular flexibility index (Phi) is 3.50. The topological polar surface area (TPSA) is 94.2 Å². The molecule has 1 rings (SSSR count). The van der Waals surface area contributed by atoms with Crippen molar-refractivity contribution in [3.05, 3.63) is 24.2 Å². The fourth-order valence-corrected chi connectivity index (χ4v) is 0.896. The zero-order valence-electron chi connectivity index (χ0n) is 8.23. The van der Waals surface area contributed by atoms with E-state index in [4.69, 9.17) is 5.41 Å². The van der Waals surface area contributed by atoms with Crippen molar-refractivity contribution in [2.45, 2.75) is 6.92 Å². The highest BCUT2D eigenvalue weighted by atomic mass is 16.3. The van der Waals surface area contributed by atoms with Gasteiger partial charge in [-0.15, -0.1) is 0 Å². The van der Waals surface area contributed by atoms with Gasteiger partial charge in [0, 0.05) is 6.21 Å². The van der Waals surface area contributed by atoms with Gasteiger partial charge in [0.25, 0.3) is 0 Å². The highest BCUT2D eigenvalue weighted by Gasteiger charge is 2.07. The van der Waals surface area contributed by atoms with Crippen LogP contribution in [0.3, 0.4) is 0 Å². The summed E-state index contributed by atoms with van der Waals surface area (Å²) in [6.45, 7) is 5.13. The molecule has 6 heteroatoms. The molecule has 0 radical (unpaired) electrons. The van der Waals surface area contributed by atoms with Gasteiger partial charge in [-0.05, 0) is 6.92 Å². The summed E-state index contributed by atoms with van der Waals surface area (Å²) in [6.07, 6.45) is 3.79. The molecule has 0 unspecified atom stereocenters. The Balaban J connectivity index is 3.00. The lowest BCUT2D eigenvalue weighted by Gasteiger charge is -2.05. The normalized spacial score (nSPS) is 10.2. The van der Waals surface area contributed by atoms with E-state index in [1.807, 2.05) is 0 Å². The molecule has 1 aromatic heterocycles. The highest BCUT2D eigenvalue weighted by molar-refractivity contribution is 6.14. The van der Waals surface area contributed by atoms with Crippen LogP contribution in [0.25, 0.3) is 5.76 Å². The average Bonchev–Trinajstić information content (AvgIpc) is 2.20. The SMILES string of the molecule is C=C(O)c1nc(C)cnc1N/N=C\C=N. The maximum atomic E-state index is 9.25. The van der Waals surface area contributed by atoms with E-state index in [0.717, 1.165) is 6.21 Å². The van der Waals surface area contributed by atoms with Crippen molar-refractivity contribution in [3.63, 3.8) is 0 Å². The molecule has 0 amide bonds.